The Morgan fingerprint density at radius 2 is 1.39 bits per heavy atom. The van der Waals surface area contributed by atoms with Gasteiger partial charge in [-0.2, -0.15) is 0 Å². The predicted octanol–water partition coefficient (Wildman–Crippen LogP) is 1.92. The molecule has 0 aromatic heterocycles. The first-order valence-electron chi connectivity index (χ1n) is 7.18. The van der Waals surface area contributed by atoms with E-state index in [1.165, 1.54) is 19.3 Å². The van der Waals surface area contributed by atoms with E-state index in [9.17, 15) is 9.59 Å². The van der Waals surface area contributed by atoms with Crippen molar-refractivity contribution in [3.63, 3.8) is 0 Å². The van der Waals surface area contributed by atoms with Crippen molar-refractivity contribution in [2.45, 2.75) is 26.2 Å². The summed E-state index contributed by atoms with van der Waals surface area (Å²) in [6.07, 6.45) is 3.91. The lowest BCUT2D eigenvalue weighted by Gasteiger charge is -2.28. The van der Waals surface area contributed by atoms with Crippen LogP contribution >= 0.6 is 0 Å². The molecule has 94 valence electrons. The van der Waals surface area contributed by atoms with Gasteiger partial charge in [-0.05, 0) is 48.9 Å². The highest BCUT2D eigenvalue weighted by molar-refractivity contribution is 5.98. The molecule has 4 bridgehead atoms. The minimum Gasteiger partial charge on any atom is -0.393 e. The van der Waals surface area contributed by atoms with E-state index in [-0.39, 0.29) is 23.8 Å². The molecule has 1 aliphatic heterocycles. The molecule has 3 fully saturated rings. The molecule has 18 heavy (non-hydrogen) atoms. The van der Waals surface area contributed by atoms with Crippen molar-refractivity contribution >= 4 is 11.9 Å². The maximum absolute atomic E-state index is 11.9. The molecule has 4 aliphatic carbocycles. The van der Waals surface area contributed by atoms with Crippen LogP contribution in [-0.4, -0.2) is 11.9 Å². The molecule has 0 spiro atoms. The summed E-state index contributed by atoms with van der Waals surface area (Å²) in [5, 5.41) is 0. The van der Waals surface area contributed by atoms with E-state index in [1.54, 1.807) is 11.1 Å². The van der Waals surface area contributed by atoms with Crippen molar-refractivity contribution in [1.29, 1.82) is 0 Å². The third-order valence-electron chi connectivity index (χ3n) is 6.40. The number of carbonyl (C=O) groups is 2. The van der Waals surface area contributed by atoms with E-state index < -0.39 is 0 Å². The quantitative estimate of drug-likeness (QED) is 0.283. The minimum absolute atomic E-state index is 0.129. The lowest BCUT2D eigenvalue weighted by Crippen LogP contribution is -2.29. The fourth-order valence-corrected chi connectivity index (χ4v) is 6.05. The Morgan fingerprint density at radius 3 is 1.89 bits per heavy atom. The molecule has 2 saturated carbocycles. The van der Waals surface area contributed by atoms with Crippen LogP contribution in [0, 0.1) is 41.4 Å². The van der Waals surface area contributed by atoms with E-state index in [0.29, 0.717) is 17.8 Å². The third kappa shape index (κ3) is 0.799. The van der Waals surface area contributed by atoms with Crippen LogP contribution in [0.4, 0.5) is 0 Å². The number of hydrogen-bond donors (Lipinski definition) is 0. The summed E-state index contributed by atoms with van der Waals surface area (Å²) in [6.45, 7) is 2.24. The number of esters is 2. The SMILES string of the molecule is CC1C2C3=C(C4CCC3C4)C1C1C(=O)OC(=O)C21. The van der Waals surface area contributed by atoms with Crippen LogP contribution in [0.3, 0.4) is 0 Å². The second kappa shape index (κ2) is 2.73. The van der Waals surface area contributed by atoms with Gasteiger partial charge in [0.25, 0.3) is 0 Å². The highest BCUT2D eigenvalue weighted by Gasteiger charge is 2.69. The average molecular weight is 244 g/mol. The minimum atomic E-state index is -0.237. The first-order valence-corrected chi connectivity index (χ1v) is 7.18. The van der Waals surface area contributed by atoms with Crippen LogP contribution in [0.5, 0.6) is 0 Å². The first-order chi connectivity index (χ1) is 8.68. The van der Waals surface area contributed by atoms with Gasteiger partial charge in [-0.25, -0.2) is 0 Å². The number of allylic oxidation sites excluding steroid dienone is 2. The molecule has 5 rings (SSSR count). The lowest BCUT2D eigenvalue weighted by molar-refractivity contribution is -0.155. The summed E-state index contributed by atoms with van der Waals surface area (Å²) in [5.41, 5.74) is 3.19. The summed E-state index contributed by atoms with van der Waals surface area (Å²) >= 11 is 0. The van der Waals surface area contributed by atoms with Gasteiger partial charge in [-0.1, -0.05) is 18.1 Å². The zero-order chi connectivity index (χ0) is 12.2. The van der Waals surface area contributed by atoms with Crippen LogP contribution in [0.15, 0.2) is 11.1 Å². The van der Waals surface area contributed by atoms with Crippen LogP contribution in [-0.2, 0) is 14.3 Å². The normalized spacial score (nSPS) is 55.3. The van der Waals surface area contributed by atoms with Gasteiger partial charge < -0.3 is 4.74 Å². The zero-order valence-corrected chi connectivity index (χ0v) is 10.4. The number of rotatable bonds is 0. The summed E-state index contributed by atoms with van der Waals surface area (Å²) < 4.78 is 4.91. The molecule has 6 unspecified atom stereocenters. The Kier molecular flexibility index (Phi) is 1.48. The number of ether oxygens (including phenoxy) is 1. The van der Waals surface area contributed by atoms with Crippen LogP contribution in [0.2, 0.25) is 0 Å². The second-order valence-corrected chi connectivity index (χ2v) is 6.82. The largest absolute Gasteiger partial charge is 0.393 e. The fourth-order valence-electron chi connectivity index (χ4n) is 6.05. The Bertz CT molecular complexity index is 488. The molecule has 0 radical (unpaired) electrons. The van der Waals surface area contributed by atoms with Crippen molar-refractivity contribution < 1.29 is 14.3 Å². The Morgan fingerprint density at radius 1 is 0.889 bits per heavy atom. The molecule has 3 heteroatoms. The van der Waals surface area contributed by atoms with Crippen molar-refractivity contribution in [3.8, 4) is 0 Å². The predicted molar refractivity (Wildman–Crippen MR) is 62.1 cm³/mol. The standard InChI is InChI=1S/C15H16O3/c1-5-8-10-6-2-3-7(4-6)11(10)9(5)13-12(8)14(16)18-15(13)17/h5-9,12-13H,2-4H2,1H3. The monoisotopic (exact) mass is 244 g/mol. The first kappa shape index (κ1) is 9.76. The van der Waals surface area contributed by atoms with Gasteiger partial charge in [-0.15, -0.1) is 0 Å². The molecule has 1 heterocycles. The highest BCUT2D eigenvalue weighted by Crippen LogP contribution is 2.70. The summed E-state index contributed by atoms with van der Waals surface area (Å²) in [7, 11) is 0. The fraction of sp³-hybridized carbons (Fsp3) is 0.733. The number of fused-ring (bicyclic) bond motifs is 11. The van der Waals surface area contributed by atoms with Gasteiger partial charge in [-0.3, -0.25) is 9.59 Å². The molecule has 0 N–H and O–H groups in total. The van der Waals surface area contributed by atoms with Gasteiger partial charge in [0, 0.05) is 0 Å². The maximum atomic E-state index is 11.9. The lowest BCUT2D eigenvalue weighted by atomic mass is 9.72. The molecule has 1 saturated heterocycles. The van der Waals surface area contributed by atoms with E-state index >= 15 is 0 Å². The Hall–Kier alpha value is -1.12. The van der Waals surface area contributed by atoms with E-state index in [2.05, 4.69) is 6.92 Å². The van der Waals surface area contributed by atoms with E-state index in [0.717, 1.165) is 11.8 Å². The van der Waals surface area contributed by atoms with Crippen LogP contribution in [0.1, 0.15) is 26.2 Å². The van der Waals surface area contributed by atoms with Gasteiger partial charge in [0.15, 0.2) is 0 Å². The van der Waals surface area contributed by atoms with Gasteiger partial charge in [0.1, 0.15) is 0 Å². The topological polar surface area (TPSA) is 43.4 Å². The average Bonchev–Trinajstić information content (AvgIpc) is 3.07. The maximum Gasteiger partial charge on any atom is 0.318 e. The summed E-state index contributed by atoms with van der Waals surface area (Å²) in [6, 6.07) is 0. The summed E-state index contributed by atoms with van der Waals surface area (Å²) in [5.74, 6) is 1.89. The van der Waals surface area contributed by atoms with Gasteiger partial charge in [0.05, 0.1) is 11.8 Å². The van der Waals surface area contributed by atoms with Crippen molar-refractivity contribution in [2.75, 3.05) is 0 Å². The van der Waals surface area contributed by atoms with Gasteiger partial charge >= 0.3 is 11.9 Å². The summed E-state index contributed by atoms with van der Waals surface area (Å²) in [4.78, 5) is 23.9. The molecule has 6 atom stereocenters. The molecule has 0 amide bonds. The van der Waals surface area contributed by atoms with E-state index in [1.807, 2.05) is 0 Å². The molecule has 0 aromatic carbocycles. The van der Waals surface area contributed by atoms with Crippen molar-refractivity contribution in [2.24, 2.45) is 41.4 Å². The van der Waals surface area contributed by atoms with Crippen LogP contribution in [0.25, 0.3) is 0 Å². The molecular formula is C15H16O3. The van der Waals surface area contributed by atoms with Crippen molar-refractivity contribution in [3.05, 3.63) is 11.1 Å². The highest BCUT2D eigenvalue weighted by atomic mass is 16.6. The molecule has 3 nitrogen and oxygen atoms in total. The third-order valence-corrected chi connectivity index (χ3v) is 6.40. The van der Waals surface area contributed by atoms with Crippen molar-refractivity contribution in [1.82, 2.24) is 0 Å². The molecule has 0 aromatic rings. The number of cyclic esters (lactones) is 2. The number of hydrogen-bond acceptors (Lipinski definition) is 3. The number of carbonyl (C=O) groups excluding carboxylic acids is 2. The second-order valence-electron chi connectivity index (χ2n) is 6.82. The van der Waals surface area contributed by atoms with Gasteiger partial charge in [0.2, 0.25) is 0 Å². The van der Waals surface area contributed by atoms with Crippen LogP contribution < -0.4 is 0 Å². The molecular weight excluding hydrogens is 228 g/mol. The smallest absolute Gasteiger partial charge is 0.318 e. The molecule has 5 aliphatic rings. The van der Waals surface area contributed by atoms with E-state index in [4.69, 9.17) is 4.74 Å². The Labute approximate surface area is 106 Å². The Balaban J connectivity index is 1.71. The zero-order valence-electron chi connectivity index (χ0n) is 10.4.